The Labute approximate surface area is 101 Å². The summed E-state index contributed by atoms with van der Waals surface area (Å²) in [4.78, 5) is 11.3. The summed E-state index contributed by atoms with van der Waals surface area (Å²) >= 11 is 5.72. The normalized spacial score (nSPS) is 9.50. The topological polar surface area (TPSA) is 26.3 Å². The maximum absolute atomic E-state index is 11.3. The van der Waals surface area contributed by atoms with E-state index in [0.717, 1.165) is 6.42 Å². The first-order valence-electron chi connectivity index (χ1n) is 5.06. The third-order valence-electron chi connectivity index (χ3n) is 1.99. The lowest BCUT2D eigenvalue weighted by Gasteiger charge is -2.04. The molecule has 0 aliphatic rings. The van der Waals surface area contributed by atoms with Crippen LogP contribution in [-0.4, -0.2) is 12.4 Å². The number of carbonyl (C=O) groups is 1. The van der Waals surface area contributed by atoms with E-state index in [0.29, 0.717) is 23.6 Å². The number of halogens is 1. The van der Waals surface area contributed by atoms with E-state index >= 15 is 0 Å². The molecule has 1 aromatic carbocycles. The average molecular weight is 237 g/mol. The number of rotatable bonds is 6. The summed E-state index contributed by atoms with van der Waals surface area (Å²) in [5, 5.41) is 0.646. The van der Waals surface area contributed by atoms with Crippen LogP contribution in [-0.2, 0) is 4.79 Å². The van der Waals surface area contributed by atoms with E-state index in [1.54, 1.807) is 24.3 Å². The fraction of sp³-hybridized carbons (Fsp3) is 0.308. The highest BCUT2D eigenvalue weighted by Gasteiger charge is 2.02. The molecule has 0 saturated carbocycles. The van der Waals surface area contributed by atoms with Crippen molar-refractivity contribution >= 4 is 17.4 Å². The largest absolute Gasteiger partial charge is 0.486 e. The predicted molar refractivity (Wildman–Crippen MR) is 64.6 cm³/mol. The van der Waals surface area contributed by atoms with Crippen molar-refractivity contribution < 1.29 is 9.53 Å². The van der Waals surface area contributed by atoms with E-state index in [2.05, 4.69) is 5.92 Å². The quantitative estimate of drug-likeness (QED) is 0.561. The second-order valence-corrected chi connectivity index (χ2v) is 3.78. The van der Waals surface area contributed by atoms with Crippen LogP contribution in [0.3, 0.4) is 0 Å². The van der Waals surface area contributed by atoms with Gasteiger partial charge in [-0.1, -0.05) is 11.6 Å². The molecule has 0 N–H and O–H groups in total. The Hall–Kier alpha value is -1.46. The Bertz CT molecular complexity index is 376. The highest BCUT2D eigenvalue weighted by atomic mass is 35.5. The van der Waals surface area contributed by atoms with Gasteiger partial charge in [0, 0.05) is 17.9 Å². The summed E-state index contributed by atoms with van der Waals surface area (Å²) in [6.07, 6.45) is 6.91. The standard InChI is InChI=1S/C13H13ClO2/c1-2-3-4-5-12(15)10-16-13-8-6-11(14)7-9-13/h1,6-9H,3-5,10H2. The van der Waals surface area contributed by atoms with Gasteiger partial charge >= 0.3 is 0 Å². The second kappa shape index (κ2) is 6.92. The van der Waals surface area contributed by atoms with Gasteiger partial charge in [-0.2, -0.15) is 0 Å². The molecule has 16 heavy (non-hydrogen) atoms. The number of hydrogen-bond acceptors (Lipinski definition) is 2. The van der Waals surface area contributed by atoms with Crippen molar-refractivity contribution in [2.45, 2.75) is 19.3 Å². The highest BCUT2D eigenvalue weighted by Crippen LogP contribution is 2.15. The van der Waals surface area contributed by atoms with Crippen molar-refractivity contribution in [3.8, 4) is 18.1 Å². The van der Waals surface area contributed by atoms with Crippen LogP contribution in [0.2, 0.25) is 5.02 Å². The Morgan fingerprint density at radius 2 is 2.06 bits per heavy atom. The van der Waals surface area contributed by atoms with Crippen LogP contribution in [0.5, 0.6) is 5.75 Å². The molecular weight excluding hydrogens is 224 g/mol. The van der Waals surface area contributed by atoms with Crippen molar-refractivity contribution in [1.82, 2.24) is 0 Å². The van der Waals surface area contributed by atoms with E-state index in [1.165, 1.54) is 0 Å². The number of hydrogen-bond donors (Lipinski definition) is 0. The van der Waals surface area contributed by atoms with Crippen LogP contribution < -0.4 is 4.74 Å². The van der Waals surface area contributed by atoms with Gasteiger partial charge in [-0.3, -0.25) is 4.79 Å². The summed E-state index contributed by atoms with van der Waals surface area (Å²) in [7, 11) is 0. The van der Waals surface area contributed by atoms with Gasteiger partial charge in [-0.05, 0) is 30.7 Å². The molecule has 0 spiro atoms. The minimum atomic E-state index is 0.0604. The van der Waals surface area contributed by atoms with Crippen LogP contribution in [0.4, 0.5) is 0 Å². The summed E-state index contributed by atoms with van der Waals surface area (Å²) in [5.74, 6) is 3.20. The van der Waals surface area contributed by atoms with Crippen LogP contribution in [0.15, 0.2) is 24.3 Å². The number of benzene rings is 1. The van der Waals surface area contributed by atoms with E-state index in [9.17, 15) is 4.79 Å². The molecule has 1 rings (SSSR count). The summed E-state index contributed by atoms with van der Waals surface area (Å²) in [5.41, 5.74) is 0. The van der Waals surface area contributed by atoms with Crippen molar-refractivity contribution in [2.75, 3.05) is 6.61 Å². The number of ether oxygens (including phenoxy) is 1. The molecule has 0 amide bonds. The molecule has 2 nitrogen and oxygen atoms in total. The van der Waals surface area contributed by atoms with Gasteiger partial charge < -0.3 is 4.74 Å². The number of ketones is 1. The molecule has 0 saturated heterocycles. The van der Waals surface area contributed by atoms with E-state index in [1.807, 2.05) is 0 Å². The Morgan fingerprint density at radius 1 is 1.38 bits per heavy atom. The van der Waals surface area contributed by atoms with E-state index < -0.39 is 0 Å². The summed E-state index contributed by atoms with van der Waals surface area (Å²) in [6.45, 7) is 0.0895. The molecule has 0 bridgehead atoms. The van der Waals surface area contributed by atoms with Crippen LogP contribution in [0.25, 0.3) is 0 Å². The SMILES string of the molecule is C#CCCCC(=O)COc1ccc(Cl)cc1. The Morgan fingerprint density at radius 3 is 2.69 bits per heavy atom. The van der Waals surface area contributed by atoms with Gasteiger partial charge in [0.1, 0.15) is 12.4 Å². The number of Topliss-reactive ketones (excluding diaryl/α,β-unsaturated/α-hetero) is 1. The van der Waals surface area contributed by atoms with Crippen LogP contribution in [0, 0.1) is 12.3 Å². The molecule has 0 unspecified atom stereocenters. The molecular formula is C13H13ClO2. The van der Waals surface area contributed by atoms with Gasteiger partial charge in [-0.25, -0.2) is 0 Å². The molecule has 0 heterocycles. The molecule has 0 atom stereocenters. The van der Waals surface area contributed by atoms with Gasteiger partial charge in [-0.15, -0.1) is 12.3 Å². The number of unbranched alkanes of at least 4 members (excludes halogenated alkanes) is 1. The fourth-order valence-electron chi connectivity index (χ4n) is 1.15. The Balaban J connectivity index is 2.26. The minimum Gasteiger partial charge on any atom is -0.486 e. The molecule has 0 radical (unpaired) electrons. The monoisotopic (exact) mass is 236 g/mol. The third-order valence-corrected chi connectivity index (χ3v) is 2.24. The van der Waals surface area contributed by atoms with Crippen LogP contribution >= 0.6 is 11.6 Å². The molecule has 0 aromatic heterocycles. The van der Waals surface area contributed by atoms with Crippen LogP contribution in [0.1, 0.15) is 19.3 Å². The first kappa shape index (κ1) is 12.6. The fourth-order valence-corrected chi connectivity index (χ4v) is 1.28. The first-order chi connectivity index (χ1) is 7.72. The van der Waals surface area contributed by atoms with E-state index in [4.69, 9.17) is 22.8 Å². The number of carbonyl (C=O) groups excluding carboxylic acids is 1. The zero-order valence-electron chi connectivity index (χ0n) is 8.91. The molecule has 0 fully saturated rings. The maximum atomic E-state index is 11.3. The van der Waals surface area contributed by atoms with Crippen molar-refractivity contribution in [1.29, 1.82) is 0 Å². The second-order valence-electron chi connectivity index (χ2n) is 3.34. The lowest BCUT2D eigenvalue weighted by molar-refractivity contribution is -0.121. The van der Waals surface area contributed by atoms with Crippen molar-refractivity contribution in [2.24, 2.45) is 0 Å². The van der Waals surface area contributed by atoms with Crippen molar-refractivity contribution in [3.63, 3.8) is 0 Å². The molecule has 0 aliphatic carbocycles. The first-order valence-corrected chi connectivity index (χ1v) is 5.43. The number of terminal acetylenes is 1. The average Bonchev–Trinajstić information content (AvgIpc) is 2.29. The maximum Gasteiger partial charge on any atom is 0.170 e. The Kier molecular flexibility index (Phi) is 5.45. The molecule has 84 valence electrons. The lowest BCUT2D eigenvalue weighted by Crippen LogP contribution is -2.10. The van der Waals surface area contributed by atoms with Gasteiger partial charge in [0.25, 0.3) is 0 Å². The van der Waals surface area contributed by atoms with E-state index in [-0.39, 0.29) is 12.4 Å². The van der Waals surface area contributed by atoms with Gasteiger partial charge in [0.05, 0.1) is 0 Å². The molecule has 1 aromatic rings. The summed E-state index contributed by atoms with van der Waals surface area (Å²) < 4.78 is 5.29. The lowest BCUT2D eigenvalue weighted by atomic mass is 10.2. The molecule has 0 aliphatic heterocycles. The third kappa shape index (κ3) is 4.86. The van der Waals surface area contributed by atoms with Crippen molar-refractivity contribution in [3.05, 3.63) is 29.3 Å². The zero-order chi connectivity index (χ0) is 11.8. The zero-order valence-corrected chi connectivity index (χ0v) is 9.67. The minimum absolute atomic E-state index is 0.0604. The van der Waals surface area contributed by atoms with Gasteiger partial charge in [0.15, 0.2) is 5.78 Å². The predicted octanol–water partition coefficient (Wildman–Crippen LogP) is 3.09. The highest BCUT2D eigenvalue weighted by molar-refractivity contribution is 6.30. The molecule has 3 heteroatoms. The van der Waals surface area contributed by atoms with Gasteiger partial charge in [0.2, 0.25) is 0 Å². The summed E-state index contributed by atoms with van der Waals surface area (Å²) in [6, 6.07) is 6.91. The smallest absolute Gasteiger partial charge is 0.170 e.